The summed E-state index contributed by atoms with van der Waals surface area (Å²) in [5.41, 5.74) is 0.626. The second-order valence-corrected chi connectivity index (χ2v) is 6.21. The second-order valence-electron chi connectivity index (χ2n) is 4.91. The molecule has 0 atom stereocenters. The van der Waals surface area contributed by atoms with Crippen LogP contribution in [-0.4, -0.2) is 18.2 Å². The Morgan fingerprint density at radius 1 is 1.44 bits per heavy atom. The number of amides is 1. The van der Waals surface area contributed by atoms with Gasteiger partial charge in [-0.25, -0.2) is 4.79 Å². The van der Waals surface area contributed by atoms with Crippen LogP contribution in [0.5, 0.6) is 0 Å². The summed E-state index contributed by atoms with van der Waals surface area (Å²) in [7, 11) is 0. The molecule has 1 rings (SSSR count). The minimum Gasteiger partial charge on any atom is -0.444 e. The van der Waals surface area contributed by atoms with Crippen molar-refractivity contribution in [1.29, 1.82) is 0 Å². The van der Waals surface area contributed by atoms with Crippen LogP contribution in [0.2, 0.25) is 5.02 Å². The quantitative estimate of drug-likeness (QED) is 0.901. The zero-order chi connectivity index (χ0) is 13.8. The van der Waals surface area contributed by atoms with Gasteiger partial charge in [0, 0.05) is 16.0 Å². The van der Waals surface area contributed by atoms with Crippen LogP contribution in [0.3, 0.4) is 0 Å². The number of carbonyl (C=O) groups is 1. The van der Waals surface area contributed by atoms with Crippen molar-refractivity contribution in [2.24, 2.45) is 0 Å². The van der Waals surface area contributed by atoms with Crippen molar-refractivity contribution < 1.29 is 9.53 Å². The molecular formula is C13H17BrClNO2. The number of hydrogen-bond acceptors (Lipinski definition) is 2. The molecular weight excluding hydrogens is 318 g/mol. The van der Waals surface area contributed by atoms with Gasteiger partial charge in [-0.2, -0.15) is 0 Å². The number of halogens is 2. The molecule has 3 nitrogen and oxygen atoms in total. The van der Waals surface area contributed by atoms with E-state index >= 15 is 0 Å². The van der Waals surface area contributed by atoms with Crippen LogP contribution >= 0.6 is 27.5 Å². The largest absolute Gasteiger partial charge is 0.444 e. The molecule has 0 heterocycles. The molecule has 0 aliphatic rings. The highest BCUT2D eigenvalue weighted by molar-refractivity contribution is 9.10. The fourth-order valence-electron chi connectivity index (χ4n) is 1.34. The minimum absolute atomic E-state index is 0.396. The van der Waals surface area contributed by atoms with Gasteiger partial charge in [0.05, 0.1) is 0 Å². The highest BCUT2D eigenvalue weighted by Crippen LogP contribution is 2.21. The molecule has 0 spiro atoms. The lowest BCUT2D eigenvalue weighted by molar-refractivity contribution is 0.0528. The van der Waals surface area contributed by atoms with Gasteiger partial charge in [0.15, 0.2) is 0 Å². The summed E-state index contributed by atoms with van der Waals surface area (Å²) in [4.78, 5) is 11.4. The molecule has 1 amide bonds. The molecule has 1 aromatic carbocycles. The second kappa shape index (κ2) is 6.43. The highest BCUT2D eigenvalue weighted by atomic mass is 79.9. The molecule has 0 fully saturated rings. The van der Waals surface area contributed by atoms with Crippen LogP contribution in [0, 0.1) is 0 Å². The smallest absolute Gasteiger partial charge is 0.407 e. The standard InChI is InChI=1S/C13H17BrClNO2/c1-13(2,3)18-12(17)16-7-6-9-4-5-10(15)8-11(9)14/h4-5,8H,6-7H2,1-3H3,(H,16,17). The third-order valence-corrected chi connectivity index (χ3v) is 3.05. The molecule has 0 aliphatic carbocycles. The lowest BCUT2D eigenvalue weighted by Gasteiger charge is -2.19. The Labute approximate surface area is 121 Å². The molecule has 1 N–H and O–H groups in total. The van der Waals surface area contributed by atoms with E-state index in [-0.39, 0.29) is 0 Å². The summed E-state index contributed by atoms with van der Waals surface area (Å²) in [5, 5.41) is 3.40. The maximum atomic E-state index is 11.4. The summed E-state index contributed by atoms with van der Waals surface area (Å²) < 4.78 is 6.09. The van der Waals surface area contributed by atoms with Crippen LogP contribution in [-0.2, 0) is 11.2 Å². The number of alkyl carbamates (subject to hydrolysis) is 1. The zero-order valence-electron chi connectivity index (χ0n) is 10.7. The Hall–Kier alpha value is -0.740. The van der Waals surface area contributed by atoms with E-state index in [1.807, 2.05) is 39.0 Å². The Kier molecular flexibility index (Phi) is 5.47. The van der Waals surface area contributed by atoms with Crippen molar-refractivity contribution in [3.05, 3.63) is 33.3 Å². The van der Waals surface area contributed by atoms with Crippen LogP contribution in [0.1, 0.15) is 26.3 Å². The maximum Gasteiger partial charge on any atom is 0.407 e. The topological polar surface area (TPSA) is 38.3 Å². The molecule has 0 saturated carbocycles. The first kappa shape index (κ1) is 15.3. The van der Waals surface area contributed by atoms with Gasteiger partial charge in [-0.15, -0.1) is 0 Å². The molecule has 5 heteroatoms. The zero-order valence-corrected chi connectivity index (χ0v) is 13.1. The third kappa shape index (κ3) is 5.74. The first-order chi connectivity index (χ1) is 8.28. The molecule has 0 unspecified atom stereocenters. The molecule has 18 heavy (non-hydrogen) atoms. The van der Waals surface area contributed by atoms with E-state index in [9.17, 15) is 4.79 Å². The van der Waals surface area contributed by atoms with Crippen molar-refractivity contribution in [2.75, 3.05) is 6.54 Å². The van der Waals surface area contributed by atoms with Crippen molar-refractivity contribution in [3.8, 4) is 0 Å². The number of rotatable bonds is 3. The van der Waals surface area contributed by atoms with Crippen LogP contribution < -0.4 is 5.32 Å². The summed E-state index contributed by atoms with van der Waals surface area (Å²) in [5.74, 6) is 0. The van der Waals surface area contributed by atoms with Crippen LogP contribution in [0.15, 0.2) is 22.7 Å². The first-order valence-electron chi connectivity index (χ1n) is 5.69. The monoisotopic (exact) mass is 333 g/mol. The molecule has 0 radical (unpaired) electrons. The van der Waals surface area contributed by atoms with E-state index < -0.39 is 11.7 Å². The average Bonchev–Trinajstić information content (AvgIpc) is 2.18. The fraction of sp³-hybridized carbons (Fsp3) is 0.462. The van der Waals surface area contributed by atoms with E-state index in [1.165, 1.54) is 0 Å². The van der Waals surface area contributed by atoms with E-state index in [4.69, 9.17) is 16.3 Å². The summed E-state index contributed by atoms with van der Waals surface area (Å²) in [6.45, 7) is 6.03. The third-order valence-electron chi connectivity index (χ3n) is 2.08. The van der Waals surface area contributed by atoms with Crippen molar-refractivity contribution >= 4 is 33.6 Å². The molecule has 0 saturated heterocycles. The number of nitrogens with one attached hydrogen (secondary N) is 1. The molecule has 0 aromatic heterocycles. The van der Waals surface area contributed by atoms with Crippen molar-refractivity contribution in [3.63, 3.8) is 0 Å². The number of hydrogen-bond donors (Lipinski definition) is 1. The number of benzene rings is 1. The minimum atomic E-state index is -0.467. The van der Waals surface area contributed by atoms with E-state index in [0.29, 0.717) is 11.6 Å². The Morgan fingerprint density at radius 3 is 2.67 bits per heavy atom. The van der Waals surface area contributed by atoms with Crippen molar-refractivity contribution in [1.82, 2.24) is 5.32 Å². The van der Waals surface area contributed by atoms with Gasteiger partial charge in [-0.3, -0.25) is 0 Å². The van der Waals surface area contributed by atoms with Gasteiger partial charge in [-0.1, -0.05) is 33.6 Å². The summed E-state index contributed by atoms with van der Waals surface area (Å²) in [6, 6.07) is 5.60. The van der Waals surface area contributed by atoms with E-state index in [0.717, 1.165) is 16.5 Å². The average molecular weight is 335 g/mol. The molecule has 100 valence electrons. The van der Waals surface area contributed by atoms with Gasteiger partial charge >= 0.3 is 6.09 Å². The lowest BCUT2D eigenvalue weighted by Crippen LogP contribution is -2.33. The van der Waals surface area contributed by atoms with E-state index in [2.05, 4.69) is 21.2 Å². The Morgan fingerprint density at radius 2 is 2.11 bits per heavy atom. The Bertz CT molecular complexity index is 429. The fourth-order valence-corrected chi connectivity index (χ4v) is 2.22. The summed E-state index contributed by atoms with van der Waals surface area (Å²) >= 11 is 9.29. The SMILES string of the molecule is CC(C)(C)OC(=O)NCCc1ccc(Cl)cc1Br. The van der Waals surface area contributed by atoms with Crippen LogP contribution in [0.4, 0.5) is 4.79 Å². The predicted molar refractivity (Wildman–Crippen MR) is 77.1 cm³/mol. The maximum absolute atomic E-state index is 11.4. The highest BCUT2D eigenvalue weighted by Gasteiger charge is 2.15. The predicted octanol–water partition coefficient (Wildman–Crippen LogP) is 4.17. The van der Waals surface area contributed by atoms with Gasteiger partial charge in [0.1, 0.15) is 5.60 Å². The van der Waals surface area contributed by atoms with Gasteiger partial charge in [-0.05, 0) is 44.9 Å². The Balaban J connectivity index is 2.40. The molecule has 0 aliphatic heterocycles. The van der Waals surface area contributed by atoms with Crippen molar-refractivity contribution in [2.45, 2.75) is 32.8 Å². The van der Waals surface area contributed by atoms with E-state index in [1.54, 1.807) is 0 Å². The van der Waals surface area contributed by atoms with Gasteiger partial charge in [0.2, 0.25) is 0 Å². The number of ether oxygens (including phenoxy) is 1. The summed E-state index contributed by atoms with van der Waals surface area (Å²) in [6.07, 6.45) is 0.323. The number of carbonyl (C=O) groups excluding carboxylic acids is 1. The lowest BCUT2D eigenvalue weighted by atomic mass is 10.1. The molecule has 0 bridgehead atoms. The van der Waals surface area contributed by atoms with Gasteiger partial charge < -0.3 is 10.1 Å². The van der Waals surface area contributed by atoms with Crippen LogP contribution in [0.25, 0.3) is 0 Å². The normalized spacial score (nSPS) is 11.2. The molecule has 1 aromatic rings. The first-order valence-corrected chi connectivity index (χ1v) is 6.86. The van der Waals surface area contributed by atoms with Gasteiger partial charge in [0.25, 0.3) is 0 Å².